The number of anilines is 1. The fourth-order valence-electron chi connectivity index (χ4n) is 1.77. The average Bonchev–Trinajstić information content (AvgIpc) is 2.61. The van der Waals surface area contributed by atoms with Crippen molar-refractivity contribution in [3.63, 3.8) is 0 Å². The third-order valence-corrected chi connectivity index (χ3v) is 4.50. The van der Waals surface area contributed by atoms with Gasteiger partial charge in [-0.3, -0.25) is 4.79 Å². The SMILES string of the molecule is O=C1CC(S(=O)(=O)Cl)CN1c1ccccc1F. The summed E-state index contributed by atoms with van der Waals surface area (Å²) in [6.45, 7) is -0.106. The standard InChI is InChI=1S/C10H9ClFNO3S/c11-17(15,16)7-5-10(14)13(6-7)9-4-2-1-3-8(9)12/h1-4,7H,5-6H2. The summed E-state index contributed by atoms with van der Waals surface area (Å²) in [6.07, 6.45) is -0.208. The zero-order valence-corrected chi connectivity index (χ0v) is 10.2. The van der Waals surface area contributed by atoms with Crippen LogP contribution in [0.15, 0.2) is 24.3 Å². The Morgan fingerprint density at radius 2 is 2.00 bits per heavy atom. The number of carbonyl (C=O) groups excluding carboxylic acids is 1. The quantitative estimate of drug-likeness (QED) is 0.770. The first-order chi connectivity index (χ1) is 7.89. The lowest BCUT2D eigenvalue weighted by atomic mass is 10.3. The van der Waals surface area contributed by atoms with Gasteiger partial charge in [0, 0.05) is 23.6 Å². The second-order valence-electron chi connectivity index (χ2n) is 3.76. The lowest BCUT2D eigenvalue weighted by molar-refractivity contribution is -0.117. The predicted molar refractivity (Wildman–Crippen MR) is 61.9 cm³/mol. The lowest BCUT2D eigenvalue weighted by Crippen LogP contribution is -2.27. The van der Waals surface area contributed by atoms with E-state index >= 15 is 0 Å². The van der Waals surface area contributed by atoms with Crippen LogP contribution in [-0.2, 0) is 13.8 Å². The maximum atomic E-state index is 13.5. The zero-order valence-electron chi connectivity index (χ0n) is 8.64. The molecule has 1 fully saturated rings. The molecule has 1 aromatic carbocycles. The predicted octanol–water partition coefficient (Wildman–Crippen LogP) is 1.50. The van der Waals surface area contributed by atoms with E-state index in [0.29, 0.717) is 0 Å². The smallest absolute Gasteiger partial charge is 0.237 e. The Morgan fingerprint density at radius 1 is 1.35 bits per heavy atom. The molecule has 0 aromatic heterocycles. The molecule has 1 aromatic rings. The van der Waals surface area contributed by atoms with Gasteiger partial charge in [0.1, 0.15) is 11.1 Å². The number of rotatable bonds is 2. The first-order valence-corrected chi connectivity index (χ1v) is 7.25. The van der Waals surface area contributed by atoms with Crippen LogP contribution >= 0.6 is 10.7 Å². The van der Waals surface area contributed by atoms with Crippen LogP contribution in [0.4, 0.5) is 10.1 Å². The van der Waals surface area contributed by atoms with Crippen molar-refractivity contribution in [3.8, 4) is 0 Å². The largest absolute Gasteiger partial charge is 0.308 e. The number of benzene rings is 1. The summed E-state index contributed by atoms with van der Waals surface area (Å²) < 4.78 is 35.7. The van der Waals surface area contributed by atoms with Crippen molar-refractivity contribution >= 4 is 31.3 Å². The van der Waals surface area contributed by atoms with E-state index in [9.17, 15) is 17.6 Å². The van der Waals surface area contributed by atoms with Crippen molar-refractivity contribution in [1.82, 2.24) is 0 Å². The van der Waals surface area contributed by atoms with Gasteiger partial charge in [-0.25, -0.2) is 12.8 Å². The maximum absolute atomic E-state index is 13.5. The third-order valence-electron chi connectivity index (χ3n) is 2.63. The van der Waals surface area contributed by atoms with Crippen molar-refractivity contribution < 1.29 is 17.6 Å². The number of amides is 1. The van der Waals surface area contributed by atoms with Crippen LogP contribution in [0.2, 0.25) is 0 Å². The van der Waals surface area contributed by atoms with E-state index in [1.54, 1.807) is 6.07 Å². The molecule has 1 atom stereocenters. The summed E-state index contributed by atoms with van der Waals surface area (Å²) in [4.78, 5) is 12.7. The van der Waals surface area contributed by atoms with Crippen molar-refractivity contribution in [2.45, 2.75) is 11.7 Å². The van der Waals surface area contributed by atoms with Crippen LogP contribution in [-0.4, -0.2) is 26.1 Å². The highest BCUT2D eigenvalue weighted by molar-refractivity contribution is 8.14. The number of hydrogen-bond donors (Lipinski definition) is 0. The Kier molecular flexibility index (Phi) is 3.09. The van der Waals surface area contributed by atoms with Crippen LogP contribution in [0.3, 0.4) is 0 Å². The van der Waals surface area contributed by atoms with Crippen LogP contribution < -0.4 is 4.90 Å². The second kappa shape index (κ2) is 4.27. The minimum atomic E-state index is -3.80. The van der Waals surface area contributed by atoms with Gasteiger partial charge in [-0.05, 0) is 12.1 Å². The molecule has 1 aliphatic heterocycles. The van der Waals surface area contributed by atoms with Crippen LogP contribution in [0.25, 0.3) is 0 Å². The molecular formula is C10H9ClFNO3S. The molecule has 1 saturated heterocycles. The van der Waals surface area contributed by atoms with Gasteiger partial charge in [-0.15, -0.1) is 0 Å². The highest BCUT2D eigenvalue weighted by Gasteiger charge is 2.38. The first kappa shape index (κ1) is 12.3. The molecule has 1 aliphatic rings. The normalized spacial score (nSPS) is 20.9. The topological polar surface area (TPSA) is 54.5 Å². The summed E-state index contributed by atoms with van der Waals surface area (Å²) in [5.41, 5.74) is 0.0836. The molecule has 0 N–H and O–H groups in total. The van der Waals surface area contributed by atoms with Crippen LogP contribution in [0, 0.1) is 5.82 Å². The van der Waals surface area contributed by atoms with Gasteiger partial charge < -0.3 is 4.90 Å². The molecule has 4 nitrogen and oxygen atoms in total. The molecule has 2 rings (SSSR count). The number of hydrogen-bond acceptors (Lipinski definition) is 3. The van der Waals surface area contributed by atoms with E-state index in [1.807, 2.05) is 0 Å². The van der Waals surface area contributed by atoms with Crippen molar-refractivity contribution in [2.75, 3.05) is 11.4 Å². The summed E-state index contributed by atoms with van der Waals surface area (Å²) in [6, 6.07) is 5.71. The van der Waals surface area contributed by atoms with E-state index in [4.69, 9.17) is 10.7 Å². The average molecular weight is 278 g/mol. The van der Waals surface area contributed by atoms with Gasteiger partial charge in [0.15, 0.2) is 0 Å². The Labute approximate surface area is 102 Å². The summed E-state index contributed by atoms with van der Waals surface area (Å²) in [5.74, 6) is -1.00. The Morgan fingerprint density at radius 3 is 2.53 bits per heavy atom. The Balaban J connectivity index is 2.31. The molecule has 92 valence electrons. The fourth-order valence-corrected chi connectivity index (χ4v) is 2.79. The Bertz CT molecular complexity index is 560. The third kappa shape index (κ3) is 2.42. The minimum Gasteiger partial charge on any atom is -0.308 e. The molecule has 1 unspecified atom stereocenters. The molecule has 17 heavy (non-hydrogen) atoms. The first-order valence-electron chi connectivity index (χ1n) is 4.88. The molecule has 0 saturated carbocycles. The minimum absolute atomic E-state index is 0.0836. The van der Waals surface area contributed by atoms with Gasteiger partial charge in [-0.1, -0.05) is 12.1 Å². The van der Waals surface area contributed by atoms with Crippen molar-refractivity contribution in [1.29, 1.82) is 0 Å². The summed E-state index contributed by atoms with van der Waals surface area (Å²) >= 11 is 0. The van der Waals surface area contributed by atoms with E-state index in [-0.39, 0.29) is 18.7 Å². The van der Waals surface area contributed by atoms with Crippen molar-refractivity contribution in [3.05, 3.63) is 30.1 Å². The fraction of sp³-hybridized carbons (Fsp3) is 0.300. The van der Waals surface area contributed by atoms with E-state index in [0.717, 1.165) is 4.90 Å². The molecule has 0 radical (unpaired) electrons. The highest BCUT2D eigenvalue weighted by Crippen LogP contribution is 2.28. The Hall–Kier alpha value is -1.14. The van der Waals surface area contributed by atoms with Gasteiger partial charge in [0.25, 0.3) is 0 Å². The van der Waals surface area contributed by atoms with E-state index in [2.05, 4.69) is 0 Å². The van der Waals surface area contributed by atoms with Gasteiger partial charge in [0.2, 0.25) is 15.0 Å². The van der Waals surface area contributed by atoms with Crippen molar-refractivity contribution in [2.24, 2.45) is 0 Å². The molecule has 0 bridgehead atoms. The number of halogens is 2. The molecule has 0 aliphatic carbocycles. The molecule has 1 amide bonds. The molecule has 1 heterocycles. The second-order valence-corrected chi connectivity index (χ2v) is 6.67. The summed E-state index contributed by atoms with van der Waals surface area (Å²) in [7, 11) is 1.39. The monoisotopic (exact) mass is 277 g/mol. The lowest BCUT2D eigenvalue weighted by Gasteiger charge is -2.16. The van der Waals surface area contributed by atoms with Crippen LogP contribution in [0.5, 0.6) is 0 Å². The molecule has 0 spiro atoms. The van der Waals surface area contributed by atoms with Gasteiger partial charge in [0.05, 0.1) is 5.69 Å². The molecular weight excluding hydrogens is 269 g/mol. The van der Waals surface area contributed by atoms with Crippen LogP contribution in [0.1, 0.15) is 6.42 Å². The number of nitrogens with zero attached hydrogens (tertiary/aromatic N) is 1. The van der Waals surface area contributed by atoms with E-state index < -0.39 is 26.0 Å². The van der Waals surface area contributed by atoms with E-state index in [1.165, 1.54) is 18.2 Å². The maximum Gasteiger partial charge on any atom is 0.237 e. The number of para-hydroxylation sites is 1. The molecule has 7 heteroatoms. The zero-order chi connectivity index (χ0) is 12.6. The highest BCUT2D eigenvalue weighted by atomic mass is 35.7. The van der Waals surface area contributed by atoms with Gasteiger partial charge >= 0.3 is 0 Å². The van der Waals surface area contributed by atoms with Gasteiger partial charge in [-0.2, -0.15) is 0 Å². The number of carbonyl (C=O) groups is 1. The summed E-state index contributed by atoms with van der Waals surface area (Å²) in [5, 5.41) is -0.976.